The summed E-state index contributed by atoms with van der Waals surface area (Å²) in [6.07, 6.45) is 2.10. The largest absolute Gasteiger partial charge is 0.330 e. The monoisotopic (exact) mass is 203 g/mol. The number of aromatic nitrogens is 2. The van der Waals surface area contributed by atoms with Crippen molar-refractivity contribution in [3.63, 3.8) is 0 Å². The molecule has 0 saturated carbocycles. The molecule has 2 N–H and O–H groups in total. The Morgan fingerprint density at radius 2 is 2.20 bits per heavy atom. The molecule has 0 aliphatic heterocycles. The molecule has 15 heavy (non-hydrogen) atoms. The van der Waals surface area contributed by atoms with Crippen molar-refractivity contribution >= 4 is 10.9 Å². The molecule has 3 nitrogen and oxygen atoms in total. The molecule has 0 radical (unpaired) electrons. The zero-order valence-electron chi connectivity index (χ0n) is 9.33. The van der Waals surface area contributed by atoms with Gasteiger partial charge in [-0.05, 0) is 44.0 Å². The highest BCUT2D eigenvalue weighted by Gasteiger charge is 2.04. The van der Waals surface area contributed by atoms with E-state index in [4.69, 9.17) is 5.73 Å². The van der Waals surface area contributed by atoms with E-state index in [1.54, 1.807) is 0 Å². The third kappa shape index (κ3) is 1.88. The first-order valence-electron chi connectivity index (χ1n) is 5.34. The molecule has 3 heteroatoms. The fourth-order valence-electron chi connectivity index (χ4n) is 1.83. The summed E-state index contributed by atoms with van der Waals surface area (Å²) in [4.78, 5) is 0. The van der Waals surface area contributed by atoms with Gasteiger partial charge >= 0.3 is 0 Å². The second-order valence-corrected chi connectivity index (χ2v) is 3.95. The predicted molar refractivity (Wildman–Crippen MR) is 62.8 cm³/mol. The van der Waals surface area contributed by atoms with Crippen molar-refractivity contribution in [3.05, 3.63) is 29.5 Å². The van der Waals surface area contributed by atoms with Crippen LogP contribution in [0, 0.1) is 6.92 Å². The van der Waals surface area contributed by atoms with Crippen molar-refractivity contribution < 1.29 is 0 Å². The van der Waals surface area contributed by atoms with Crippen LogP contribution < -0.4 is 5.73 Å². The van der Waals surface area contributed by atoms with E-state index >= 15 is 0 Å². The Bertz CT molecular complexity index is 471. The van der Waals surface area contributed by atoms with Crippen molar-refractivity contribution in [3.8, 4) is 0 Å². The Balaban J connectivity index is 2.41. The second kappa shape index (κ2) is 4.03. The molecule has 0 saturated heterocycles. The number of rotatable bonds is 3. The van der Waals surface area contributed by atoms with E-state index in [-0.39, 0.29) is 0 Å². The summed E-state index contributed by atoms with van der Waals surface area (Å²) < 4.78 is 1.93. The maximum absolute atomic E-state index is 5.51. The van der Waals surface area contributed by atoms with Crippen molar-refractivity contribution in [2.45, 2.75) is 19.8 Å². The van der Waals surface area contributed by atoms with Gasteiger partial charge in [0.25, 0.3) is 0 Å². The second-order valence-electron chi connectivity index (χ2n) is 3.95. The molecular weight excluding hydrogens is 186 g/mol. The van der Waals surface area contributed by atoms with Crippen LogP contribution in [0.3, 0.4) is 0 Å². The van der Waals surface area contributed by atoms with Gasteiger partial charge in [-0.15, -0.1) is 0 Å². The molecule has 1 heterocycles. The molecule has 0 amide bonds. The Morgan fingerprint density at radius 3 is 2.93 bits per heavy atom. The van der Waals surface area contributed by atoms with Gasteiger partial charge in [0, 0.05) is 18.1 Å². The summed E-state index contributed by atoms with van der Waals surface area (Å²) in [5.41, 5.74) is 9.15. The minimum atomic E-state index is 0.754. The van der Waals surface area contributed by atoms with Crippen molar-refractivity contribution in [1.29, 1.82) is 0 Å². The normalized spacial score (nSPS) is 11.1. The Hall–Kier alpha value is -1.35. The molecule has 0 fully saturated rings. The van der Waals surface area contributed by atoms with Gasteiger partial charge < -0.3 is 5.73 Å². The van der Waals surface area contributed by atoms with Gasteiger partial charge in [-0.2, -0.15) is 5.10 Å². The van der Waals surface area contributed by atoms with Crippen molar-refractivity contribution in [2.24, 2.45) is 12.8 Å². The fourth-order valence-corrected chi connectivity index (χ4v) is 1.83. The molecule has 0 aliphatic carbocycles. The zero-order chi connectivity index (χ0) is 10.8. The molecule has 1 aromatic carbocycles. The Morgan fingerprint density at radius 1 is 1.40 bits per heavy atom. The van der Waals surface area contributed by atoms with E-state index in [0.29, 0.717) is 0 Å². The van der Waals surface area contributed by atoms with E-state index in [1.165, 1.54) is 16.6 Å². The highest BCUT2D eigenvalue weighted by Crippen LogP contribution is 2.19. The summed E-state index contributed by atoms with van der Waals surface area (Å²) in [5.74, 6) is 0. The highest BCUT2D eigenvalue weighted by atomic mass is 15.3. The average molecular weight is 203 g/mol. The van der Waals surface area contributed by atoms with E-state index in [9.17, 15) is 0 Å². The Labute approximate surface area is 89.9 Å². The van der Waals surface area contributed by atoms with E-state index in [2.05, 4.69) is 30.2 Å². The molecule has 2 aromatic rings. The lowest BCUT2D eigenvalue weighted by molar-refractivity contribution is 0.751. The quantitative estimate of drug-likeness (QED) is 0.826. The van der Waals surface area contributed by atoms with Crippen LogP contribution in [0.25, 0.3) is 10.9 Å². The molecule has 0 aliphatic rings. The van der Waals surface area contributed by atoms with Crippen molar-refractivity contribution in [1.82, 2.24) is 9.78 Å². The van der Waals surface area contributed by atoms with Crippen molar-refractivity contribution in [2.75, 3.05) is 6.54 Å². The molecule has 1 aromatic heterocycles. The van der Waals surface area contributed by atoms with E-state index < -0.39 is 0 Å². The minimum absolute atomic E-state index is 0.754. The molecule has 0 atom stereocenters. The zero-order valence-corrected chi connectivity index (χ0v) is 9.33. The van der Waals surface area contributed by atoms with Gasteiger partial charge in [-0.1, -0.05) is 6.07 Å². The van der Waals surface area contributed by atoms with Crippen LogP contribution in [-0.4, -0.2) is 16.3 Å². The maximum Gasteiger partial charge on any atom is 0.0926 e. The predicted octanol–water partition coefficient (Wildman–Crippen LogP) is 1.77. The van der Waals surface area contributed by atoms with E-state index in [0.717, 1.165) is 24.9 Å². The minimum Gasteiger partial charge on any atom is -0.330 e. The summed E-state index contributed by atoms with van der Waals surface area (Å²) in [7, 11) is 1.98. The molecule has 2 rings (SSSR count). The van der Waals surface area contributed by atoms with E-state index in [1.807, 2.05) is 11.7 Å². The number of fused-ring (bicyclic) bond motifs is 1. The molecule has 0 unspecified atom stereocenters. The standard InChI is InChI=1S/C12H17N3/c1-9-11-8-10(4-3-7-13)5-6-12(11)14-15(9)2/h5-6,8H,3-4,7,13H2,1-2H3. The first-order chi connectivity index (χ1) is 7.22. The number of hydrogen-bond donors (Lipinski definition) is 1. The number of aryl methyl sites for hydroxylation is 3. The topological polar surface area (TPSA) is 43.8 Å². The van der Waals surface area contributed by atoms with Crippen LogP contribution in [0.1, 0.15) is 17.7 Å². The number of nitrogens with zero attached hydrogens (tertiary/aromatic N) is 2. The smallest absolute Gasteiger partial charge is 0.0926 e. The van der Waals surface area contributed by atoms with Gasteiger partial charge in [-0.25, -0.2) is 0 Å². The maximum atomic E-state index is 5.51. The van der Waals surface area contributed by atoms with Crippen LogP contribution in [0.15, 0.2) is 18.2 Å². The van der Waals surface area contributed by atoms with Gasteiger partial charge in [0.15, 0.2) is 0 Å². The molecule has 0 spiro atoms. The lowest BCUT2D eigenvalue weighted by Gasteiger charge is -1.99. The SMILES string of the molecule is Cc1c2cc(CCCN)ccc2nn1C. The van der Waals surface area contributed by atoms with Gasteiger partial charge in [-0.3, -0.25) is 4.68 Å². The van der Waals surface area contributed by atoms with Crippen LogP contribution in [-0.2, 0) is 13.5 Å². The summed E-state index contributed by atoms with van der Waals surface area (Å²) >= 11 is 0. The first kappa shape index (κ1) is 10.2. The summed E-state index contributed by atoms with van der Waals surface area (Å²) in [6.45, 7) is 2.85. The lowest BCUT2D eigenvalue weighted by atomic mass is 10.1. The molecule has 80 valence electrons. The van der Waals surface area contributed by atoms with Gasteiger partial charge in [0.2, 0.25) is 0 Å². The van der Waals surface area contributed by atoms with Crippen LogP contribution in [0.2, 0.25) is 0 Å². The average Bonchev–Trinajstić information content (AvgIpc) is 2.52. The third-order valence-electron chi connectivity index (χ3n) is 2.86. The van der Waals surface area contributed by atoms with Crippen LogP contribution in [0.4, 0.5) is 0 Å². The number of nitrogens with two attached hydrogens (primary N) is 1. The third-order valence-corrected chi connectivity index (χ3v) is 2.86. The summed E-state index contributed by atoms with van der Waals surface area (Å²) in [6, 6.07) is 6.46. The summed E-state index contributed by atoms with van der Waals surface area (Å²) in [5, 5.41) is 5.68. The first-order valence-corrected chi connectivity index (χ1v) is 5.34. The molecule has 0 bridgehead atoms. The molecular formula is C12H17N3. The Kier molecular flexibility index (Phi) is 2.73. The number of benzene rings is 1. The fraction of sp³-hybridized carbons (Fsp3) is 0.417. The highest BCUT2D eigenvalue weighted by molar-refractivity contribution is 5.82. The van der Waals surface area contributed by atoms with Crippen LogP contribution >= 0.6 is 0 Å². The number of hydrogen-bond acceptors (Lipinski definition) is 2. The van der Waals surface area contributed by atoms with Gasteiger partial charge in [0.1, 0.15) is 0 Å². The van der Waals surface area contributed by atoms with Crippen LogP contribution in [0.5, 0.6) is 0 Å². The lowest BCUT2D eigenvalue weighted by Crippen LogP contribution is -2.00. The van der Waals surface area contributed by atoms with Gasteiger partial charge in [0.05, 0.1) is 5.52 Å².